The lowest BCUT2D eigenvalue weighted by Crippen LogP contribution is -2.01. The Morgan fingerprint density at radius 2 is 1.67 bits per heavy atom. The molecule has 1 aliphatic heterocycles. The van der Waals surface area contributed by atoms with Gasteiger partial charge in [0.2, 0.25) is 0 Å². The van der Waals surface area contributed by atoms with Crippen molar-refractivity contribution in [3.05, 3.63) is 107 Å². The number of allylic oxidation sites excluding steroid dienone is 2. The average Bonchev–Trinajstić information content (AvgIpc) is 3.39. The topological polar surface area (TPSA) is 52.6 Å². The Balaban J connectivity index is 0.000000181. The van der Waals surface area contributed by atoms with E-state index in [9.17, 15) is 9.59 Å². The van der Waals surface area contributed by atoms with Crippen molar-refractivity contribution in [1.82, 2.24) is 0 Å². The molecule has 30 heavy (non-hydrogen) atoms. The molecule has 0 atom stereocenters. The number of methoxy groups -OCH3 is 1. The molecule has 3 aromatic rings. The fourth-order valence-electron chi connectivity index (χ4n) is 3.74. The van der Waals surface area contributed by atoms with E-state index < -0.39 is 0 Å². The van der Waals surface area contributed by atoms with Crippen LogP contribution in [0.5, 0.6) is 5.75 Å². The molecule has 0 unspecified atom stereocenters. The van der Waals surface area contributed by atoms with Crippen molar-refractivity contribution in [2.24, 2.45) is 0 Å². The second-order valence-corrected chi connectivity index (χ2v) is 7.13. The Hall–Kier alpha value is -3.66. The summed E-state index contributed by atoms with van der Waals surface area (Å²) >= 11 is 0. The van der Waals surface area contributed by atoms with Crippen LogP contribution in [0.4, 0.5) is 0 Å². The number of ether oxygens (including phenoxy) is 2. The lowest BCUT2D eigenvalue weighted by Gasteiger charge is -2.10. The minimum atomic E-state index is -0.199. The van der Waals surface area contributed by atoms with Crippen molar-refractivity contribution >= 4 is 17.3 Å². The molecular formula is C26H22O4. The summed E-state index contributed by atoms with van der Waals surface area (Å²) in [7, 11) is 1.67. The van der Waals surface area contributed by atoms with E-state index in [2.05, 4.69) is 12.1 Å². The highest BCUT2D eigenvalue weighted by Crippen LogP contribution is 2.37. The molecule has 0 radical (unpaired) electrons. The van der Waals surface area contributed by atoms with E-state index in [1.807, 2.05) is 60.7 Å². The van der Waals surface area contributed by atoms with Crippen LogP contribution in [0.2, 0.25) is 0 Å². The smallest absolute Gasteiger partial charge is 0.338 e. The van der Waals surface area contributed by atoms with Gasteiger partial charge in [0.05, 0.1) is 12.7 Å². The Kier molecular flexibility index (Phi) is 5.75. The molecule has 5 rings (SSSR count). The van der Waals surface area contributed by atoms with Gasteiger partial charge in [-0.15, -0.1) is 0 Å². The monoisotopic (exact) mass is 398 g/mol. The SMILES string of the molecule is COc1cccc2c1C(CC(=O)c1ccccc1)=CC2.O=C1OCc2ccccc21. The molecule has 0 fully saturated rings. The maximum atomic E-state index is 12.3. The quantitative estimate of drug-likeness (QED) is 0.444. The molecule has 150 valence electrons. The summed E-state index contributed by atoms with van der Waals surface area (Å²) < 4.78 is 10.2. The van der Waals surface area contributed by atoms with Crippen LogP contribution in [0.25, 0.3) is 5.57 Å². The van der Waals surface area contributed by atoms with Crippen LogP contribution < -0.4 is 4.74 Å². The molecule has 0 N–H and O–H groups in total. The first-order valence-electron chi connectivity index (χ1n) is 9.86. The van der Waals surface area contributed by atoms with E-state index >= 15 is 0 Å². The van der Waals surface area contributed by atoms with Crippen LogP contribution in [-0.4, -0.2) is 18.9 Å². The van der Waals surface area contributed by atoms with E-state index in [-0.39, 0.29) is 11.8 Å². The number of cyclic esters (lactones) is 1. The first-order chi connectivity index (χ1) is 14.7. The van der Waals surface area contributed by atoms with Gasteiger partial charge in [-0.1, -0.05) is 66.7 Å². The van der Waals surface area contributed by atoms with Crippen molar-refractivity contribution < 1.29 is 19.1 Å². The second-order valence-electron chi connectivity index (χ2n) is 7.13. The highest BCUT2D eigenvalue weighted by Gasteiger charge is 2.21. The Morgan fingerprint density at radius 1 is 0.933 bits per heavy atom. The normalized spacial score (nSPS) is 13.4. The molecule has 0 bridgehead atoms. The number of benzene rings is 3. The molecule has 1 aliphatic carbocycles. The van der Waals surface area contributed by atoms with Crippen molar-refractivity contribution in [3.63, 3.8) is 0 Å². The fraction of sp³-hybridized carbons (Fsp3) is 0.154. The van der Waals surface area contributed by atoms with Crippen LogP contribution in [0.3, 0.4) is 0 Å². The van der Waals surface area contributed by atoms with Gasteiger partial charge in [0.1, 0.15) is 12.4 Å². The fourth-order valence-corrected chi connectivity index (χ4v) is 3.74. The summed E-state index contributed by atoms with van der Waals surface area (Å²) in [5, 5.41) is 0. The minimum absolute atomic E-state index is 0.149. The first-order valence-corrected chi connectivity index (χ1v) is 9.86. The highest BCUT2D eigenvalue weighted by atomic mass is 16.5. The molecule has 0 saturated carbocycles. The number of ketones is 1. The van der Waals surface area contributed by atoms with Gasteiger partial charge in [-0.2, -0.15) is 0 Å². The first kappa shape index (κ1) is 19.6. The molecular weight excluding hydrogens is 376 g/mol. The van der Waals surface area contributed by atoms with Gasteiger partial charge in [-0.25, -0.2) is 4.79 Å². The van der Waals surface area contributed by atoms with Crippen molar-refractivity contribution in [1.29, 1.82) is 0 Å². The second kappa shape index (κ2) is 8.78. The van der Waals surface area contributed by atoms with Crippen molar-refractivity contribution in [2.45, 2.75) is 19.4 Å². The van der Waals surface area contributed by atoms with Gasteiger partial charge < -0.3 is 9.47 Å². The third-order valence-electron chi connectivity index (χ3n) is 5.26. The summed E-state index contributed by atoms with van der Waals surface area (Å²) in [5.41, 5.74) is 5.87. The molecule has 0 amide bonds. The molecule has 4 heteroatoms. The van der Waals surface area contributed by atoms with E-state index in [4.69, 9.17) is 9.47 Å². The summed E-state index contributed by atoms with van der Waals surface area (Å²) in [6, 6.07) is 22.9. The van der Waals surface area contributed by atoms with E-state index in [0.717, 1.165) is 34.4 Å². The summed E-state index contributed by atoms with van der Waals surface area (Å²) in [5.74, 6) is 0.804. The maximum Gasteiger partial charge on any atom is 0.338 e. The average molecular weight is 398 g/mol. The zero-order valence-corrected chi connectivity index (χ0v) is 16.8. The van der Waals surface area contributed by atoms with Gasteiger partial charge in [0, 0.05) is 23.1 Å². The van der Waals surface area contributed by atoms with Crippen LogP contribution in [0.15, 0.2) is 78.9 Å². The Morgan fingerprint density at radius 3 is 2.43 bits per heavy atom. The molecule has 0 spiro atoms. The number of hydrogen-bond donors (Lipinski definition) is 0. The zero-order chi connectivity index (χ0) is 20.9. The van der Waals surface area contributed by atoms with Crippen LogP contribution in [0.1, 0.15) is 43.8 Å². The number of fused-ring (bicyclic) bond motifs is 2. The van der Waals surface area contributed by atoms with Gasteiger partial charge in [0.25, 0.3) is 0 Å². The minimum Gasteiger partial charge on any atom is -0.496 e. The standard InChI is InChI=1S/C18H16O2.C8H6O2/c1-20-17-9-5-8-14-10-11-15(18(14)17)12-16(19)13-6-3-2-4-7-13;9-8-7-4-2-1-3-6(7)5-10-8/h2-9,11H,10,12H2,1H3;1-4H,5H2. The lowest BCUT2D eigenvalue weighted by atomic mass is 9.97. The third kappa shape index (κ3) is 4.03. The summed E-state index contributed by atoms with van der Waals surface area (Å²) in [6.45, 7) is 0.439. The van der Waals surface area contributed by atoms with E-state index in [0.29, 0.717) is 18.6 Å². The van der Waals surface area contributed by atoms with Gasteiger partial charge in [-0.05, 0) is 29.7 Å². The molecule has 4 nitrogen and oxygen atoms in total. The lowest BCUT2D eigenvalue weighted by molar-refractivity contribution is 0.0535. The van der Waals surface area contributed by atoms with Gasteiger partial charge in [-0.3, -0.25) is 4.79 Å². The molecule has 2 aliphatic rings. The Bertz CT molecular complexity index is 1110. The molecule has 0 aromatic heterocycles. The zero-order valence-electron chi connectivity index (χ0n) is 16.8. The van der Waals surface area contributed by atoms with Crippen molar-refractivity contribution in [2.75, 3.05) is 7.11 Å². The third-order valence-corrected chi connectivity index (χ3v) is 5.26. The maximum absolute atomic E-state index is 12.3. The number of Topliss-reactive ketones (excluding diaryl/α,β-unsaturated/α-hetero) is 1. The predicted octanol–water partition coefficient (Wildman–Crippen LogP) is 5.26. The number of rotatable bonds is 4. The van der Waals surface area contributed by atoms with Crippen LogP contribution in [-0.2, 0) is 17.8 Å². The van der Waals surface area contributed by atoms with E-state index in [1.165, 1.54) is 5.56 Å². The highest BCUT2D eigenvalue weighted by molar-refractivity contribution is 6.03. The number of hydrogen-bond acceptors (Lipinski definition) is 4. The van der Waals surface area contributed by atoms with Crippen LogP contribution >= 0.6 is 0 Å². The summed E-state index contributed by atoms with van der Waals surface area (Å²) in [4.78, 5) is 23.2. The van der Waals surface area contributed by atoms with Crippen molar-refractivity contribution in [3.8, 4) is 5.75 Å². The number of esters is 1. The van der Waals surface area contributed by atoms with Crippen LogP contribution in [0, 0.1) is 0 Å². The van der Waals surface area contributed by atoms with Gasteiger partial charge in [0.15, 0.2) is 5.78 Å². The molecule has 3 aromatic carbocycles. The predicted molar refractivity (Wildman–Crippen MR) is 116 cm³/mol. The van der Waals surface area contributed by atoms with Gasteiger partial charge >= 0.3 is 5.97 Å². The summed E-state index contributed by atoms with van der Waals surface area (Å²) in [6.07, 6.45) is 3.44. The molecule has 1 heterocycles. The number of carbonyl (C=O) groups excluding carboxylic acids is 2. The number of carbonyl (C=O) groups is 2. The molecule has 0 saturated heterocycles. The largest absolute Gasteiger partial charge is 0.496 e. The Labute approximate surface area is 175 Å². The van der Waals surface area contributed by atoms with E-state index in [1.54, 1.807) is 13.2 Å².